The zero-order valence-corrected chi connectivity index (χ0v) is 12.4. The molecule has 0 radical (unpaired) electrons. The minimum absolute atomic E-state index is 0.302. The lowest BCUT2D eigenvalue weighted by atomic mass is 10.1. The molecule has 0 spiro atoms. The number of nitrogens with one attached hydrogen (secondary N) is 1. The number of pyridine rings is 1. The first-order valence-corrected chi connectivity index (χ1v) is 6.78. The van der Waals surface area contributed by atoms with Gasteiger partial charge in [0.2, 0.25) is 0 Å². The average molecular weight is 285 g/mol. The van der Waals surface area contributed by atoms with Crippen molar-refractivity contribution in [3.8, 4) is 0 Å². The zero-order valence-electron chi connectivity index (χ0n) is 12.4. The monoisotopic (exact) mass is 285 g/mol. The van der Waals surface area contributed by atoms with Crippen molar-refractivity contribution in [1.82, 2.24) is 4.98 Å². The van der Waals surface area contributed by atoms with Crippen LogP contribution in [0.15, 0.2) is 30.5 Å². The quantitative estimate of drug-likeness (QED) is 0.843. The Bertz CT molecular complexity index is 648. The van der Waals surface area contributed by atoms with E-state index < -0.39 is 5.97 Å². The minimum Gasteiger partial charge on any atom is -0.462 e. The molecule has 0 saturated carbocycles. The molecule has 0 saturated heterocycles. The topological polar surface area (TPSA) is 77.2 Å². The number of aryl methyl sites for hydroxylation is 2. The number of benzene rings is 1. The Kier molecular flexibility index (Phi) is 4.42. The van der Waals surface area contributed by atoms with Gasteiger partial charge in [-0.2, -0.15) is 0 Å². The van der Waals surface area contributed by atoms with Crippen molar-refractivity contribution in [3.05, 3.63) is 47.2 Å². The predicted octanol–water partition coefficient (Wildman–Crippen LogP) is 3.20. The second-order valence-corrected chi connectivity index (χ2v) is 4.78. The van der Waals surface area contributed by atoms with E-state index in [4.69, 9.17) is 10.5 Å². The molecule has 2 rings (SSSR count). The van der Waals surface area contributed by atoms with Crippen molar-refractivity contribution < 1.29 is 9.53 Å². The molecule has 0 bridgehead atoms. The van der Waals surface area contributed by atoms with Crippen molar-refractivity contribution in [3.63, 3.8) is 0 Å². The summed E-state index contributed by atoms with van der Waals surface area (Å²) in [6.07, 6.45) is 1.51. The summed E-state index contributed by atoms with van der Waals surface area (Å²) in [5.41, 5.74) is 9.55. The van der Waals surface area contributed by atoms with Crippen LogP contribution in [-0.4, -0.2) is 17.6 Å². The minimum atomic E-state index is -0.439. The van der Waals surface area contributed by atoms with Gasteiger partial charge in [0.25, 0.3) is 0 Å². The fourth-order valence-electron chi connectivity index (χ4n) is 2.08. The van der Waals surface area contributed by atoms with Gasteiger partial charge >= 0.3 is 5.97 Å². The molecule has 1 aromatic heterocycles. The van der Waals surface area contributed by atoms with Crippen LogP contribution in [0, 0.1) is 13.8 Å². The number of esters is 1. The van der Waals surface area contributed by atoms with Crippen LogP contribution in [0.1, 0.15) is 28.4 Å². The van der Waals surface area contributed by atoms with Crippen LogP contribution in [0.5, 0.6) is 0 Å². The van der Waals surface area contributed by atoms with Gasteiger partial charge in [-0.15, -0.1) is 0 Å². The summed E-state index contributed by atoms with van der Waals surface area (Å²) in [4.78, 5) is 16.2. The molecule has 0 amide bonds. The molecule has 0 atom stereocenters. The lowest BCUT2D eigenvalue weighted by molar-refractivity contribution is 0.0527. The Hall–Kier alpha value is -2.56. The van der Waals surface area contributed by atoms with Crippen molar-refractivity contribution >= 4 is 23.2 Å². The summed E-state index contributed by atoms with van der Waals surface area (Å²) in [6.45, 7) is 6.06. The summed E-state index contributed by atoms with van der Waals surface area (Å²) in [6, 6.07) is 7.55. The molecule has 0 fully saturated rings. The van der Waals surface area contributed by atoms with E-state index in [1.54, 1.807) is 13.0 Å². The number of anilines is 3. The van der Waals surface area contributed by atoms with Gasteiger partial charge in [0.1, 0.15) is 11.4 Å². The summed E-state index contributed by atoms with van der Waals surface area (Å²) in [5.74, 6) is 0.00564. The average Bonchev–Trinajstić information content (AvgIpc) is 2.44. The Morgan fingerprint density at radius 1 is 1.33 bits per heavy atom. The van der Waals surface area contributed by atoms with Crippen LogP contribution < -0.4 is 11.1 Å². The summed E-state index contributed by atoms with van der Waals surface area (Å²) in [7, 11) is 0. The van der Waals surface area contributed by atoms with Crippen LogP contribution >= 0.6 is 0 Å². The summed E-state index contributed by atoms with van der Waals surface area (Å²) >= 11 is 0. The summed E-state index contributed by atoms with van der Waals surface area (Å²) in [5, 5.41) is 3.21. The lowest BCUT2D eigenvalue weighted by Gasteiger charge is -2.14. The second kappa shape index (κ2) is 6.26. The molecule has 110 valence electrons. The first-order chi connectivity index (χ1) is 10.0. The van der Waals surface area contributed by atoms with Gasteiger partial charge in [-0.05, 0) is 38.0 Å². The van der Waals surface area contributed by atoms with Gasteiger partial charge in [0, 0.05) is 5.69 Å². The standard InChI is InChI=1S/C16H19N3O2/c1-4-21-16(20)13-8-12(17)9-18-15(13)19-14-10(2)6-5-7-11(14)3/h5-9H,4,17H2,1-3H3,(H,18,19). The predicted molar refractivity (Wildman–Crippen MR) is 83.8 cm³/mol. The third-order valence-corrected chi connectivity index (χ3v) is 3.13. The zero-order chi connectivity index (χ0) is 15.4. The van der Waals surface area contributed by atoms with Gasteiger partial charge in [-0.1, -0.05) is 18.2 Å². The van der Waals surface area contributed by atoms with Crippen LogP contribution in [0.4, 0.5) is 17.2 Å². The largest absolute Gasteiger partial charge is 0.462 e. The van der Waals surface area contributed by atoms with Crippen LogP contribution in [0.2, 0.25) is 0 Å². The Morgan fingerprint density at radius 3 is 2.62 bits per heavy atom. The van der Waals surface area contributed by atoms with Gasteiger partial charge < -0.3 is 15.8 Å². The molecule has 21 heavy (non-hydrogen) atoms. The number of aromatic nitrogens is 1. The van der Waals surface area contributed by atoms with E-state index >= 15 is 0 Å². The van der Waals surface area contributed by atoms with Gasteiger partial charge in [-0.25, -0.2) is 9.78 Å². The van der Waals surface area contributed by atoms with E-state index in [0.29, 0.717) is 23.7 Å². The molecule has 2 aromatic rings. The fraction of sp³-hybridized carbons (Fsp3) is 0.250. The first kappa shape index (κ1) is 14.8. The van der Waals surface area contributed by atoms with Crippen molar-refractivity contribution in [2.45, 2.75) is 20.8 Å². The second-order valence-electron chi connectivity index (χ2n) is 4.78. The maximum Gasteiger partial charge on any atom is 0.341 e. The number of para-hydroxylation sites is 1. The number of carbonyl (C=O) groups is 1. The number of carbonyl (C=O) groups excluding carboxylic acids is 1. The number of rotatable bonds is 4. The van der Waals surface area contributed by atoms with E-state index in [2.05, 4.69) is 10.3 Å². The van der Waals surface area contributed by atoms with E-state index in [1.807, 2.05) is 32.0 Å². The molecule has 0 aliphatic carbocycles. The van der Waals surface area contributed by atoms with E-state index in [-0.39, 0.29) is 0 Å². The molecule has 5 heteroatoms. The number of hydrogen-bond donors (Lipinski definition) is 2. The number of nitrogen functional groups attached to an aromatic ring is 1. The number of hydrogen-bond acceptors (Lipinski definition) is 5. The molecule has 0 unspecified atom stereocenters. The van der Waals surface area contributed by atoms with Crippen molar-refractivity contribution in [2.75, 3.05) is 17.7 Å². The third-order valence-electron chi connectivity index (χ3n) is 3.13. The highest BCUT2D eigenvalue weighted by Gasteiger charge is 2.16. The van der Waals surface area contributed by atoms with Crippen LogP contribution in [0.25, 0.3) is 0 Å². The van der Waals surface area contributed by atoms with E-state index in [1.165, 1.54) is 6.20 Å². The first-order valence-electron chi connectivity index (χ1n) is 6.78. The van der Waals surface area contributed by atoms with E-state index in [0.717, 1.165) is 16.8 Å². The highest BCUT2D eigenvalue weighted by Crippen LogP contribution is 2.26. The van der Waals surface area contributed by atoms with Gasteiger partial charge in [0.05, 0.1) is 18.5 Å². The Morgan fingerprint density at radius 2 is 2.00 bits per heavy atom. The molecule has 3 N–H and O–H groups in total. The third kappa shape index (κ3) is 3.31. The van der Waals surface area contributed by atoms with Gasteiger partial charge in [-0.3, -0.25) is 0 Å². The lowest BCUT2D eigenvalue weighted by Crippen LogP contribution is -2.11. The molecule has 0 aliphatic heterocycles. The molecule has 1 heterocycles. The van der Waals surface area contributed by atoms with Crippen LogP contribution in [0.3, 0.4) is 0 Å². The molecule has 1 aromatic carbocycles. The van der Waals surface area contributed by atoms with Crippen LogP contribution in [-0.2, 0) is 4.74 Å². The number of nitrogens with zero attached hydrogens (tertiary/aromatic N) is 1. The molecule has 0 aliphatic rings. The highest BCUT2D eigenvalue weighted by atomic mass is 16.5. The molecular weight excluding hydrogens is 266 g/mol. The van der Waals surface area contributed by atoms with E-state index in [9.17, 15) is 4.79 Å². The van der Waals surface area contributed by atoms with Crippen molar-refractivity contribution in [2.24, 2.45) is 0 Å². The maximum absolute atomic E-state index is 12.0. The number of nitrogens with two attached hydrogens (primary N) is 1. The summed E-state index contributed by atoms with van der Waals surface area (Å²) < 4.78 is 5.05. The molecular formula is C16H19N3O2. The number of ether oxygens (including phenoxy) is 1. The Balaban J connectivity index is 2.42. The smallest absolute Gasteiger partial charge is 0.341 e. The molecule has 5 nitrogen and oxygen atoms in total. The maximum atomic E-state index is 12.0. The Labute approximate surface area is 124 Å². The highest BCUT2D eigenvalue weighted by molar-refractivity contribution is 5.96. The normalized spacial score (nSPS) is 10.2. The fourth-order valence-corrected chi connectivity index (χ4v) is 2.08. The van der Waals surface area contributed by atoms with Crippen molar-refractivity contribution in [1.29, 1.82) is 0 Å². The van der Waals surface area contributed by atoms with Gasteiger partial charge in [0.15, 0.2) is 0 Å². The SMILES string of the molecule is CCOC(=O)c1cc(N)cnc1Nc1c(C)cccc1C.